The second kappa shape index (κ2) is 6.84. The van der Waals surface area contributed by atoms with Crippen LogP contribution in [0.2, 0.25) is 0 Å². The molecule has 0 aliphatic carbocycles. The molecular weight excluding hydrogens is 320 g/mol. The van der Waals surface area contributed by atoms with Gasteiger partial charge in [0.25, 0.3) is 5.91 Å². The number of nitrogens with zero attached hydrogens (tertiary/aromatic N) is 4. The molecular formula is C18H22N4O3. The summed E-state index contributed by atoms with van der Waals surface area (Å²) in [5.74, 6) is 1.22. The van der Waals surface area contributed by atoms with E-state index in [1.807, 2.05) is 4.90 Å². The number of ether oxygens (including phenoxy) is 1. The van der Waals surface area contributed by atoms with E-state index in [1.54, 1.807) is 30.7 Å². The van der Waals surface area contributed by atoms with Crippen LogP contribution in [0, 0.1) is 5.41 Å². The lowest BCUT2D eigenvalue weighted by Crippen LogP contribution is -2.52. The number of anilines is 1. The van der Waals surface area contributed by atoms with Crippen molar-refractivity contribution in [3.63, 3.8) is 0 Å². The monoisotopic (exact) mass is 342 g/mol. The summed E-state index contributed by atoms with van der Waals surface area (Å²) in [5, 5.41) is 0. The highest BCUT2D eigenvalue weighted by molar-refractivity contribution is 5.91. The Bertz CT molecular complexity index is 706. The number of amides is 1. The number of aromatic nitrogens is 2. The molecule has 0 aromatic carbocycles. The number of carbonyl (C=O) groups excluding carboxylic acids is 1. The minimum atomic E-state index is -0.0888. The second-order valence-electron chi connectivity index (χ2n) is 6.85. The van der Waals surface area contributed by atoms with E-state index < -0.39 is 0 Å². The molecule has 2 aliphatic heterocycles. The van der Waals surface area contributed by atoms with Gasteiger partial charge < -0.3 is 19.0 Å². The fraction of sp³-hybridized carbons (Fsp3) is 0.500. The first-order valence-corrected chi connectivity index (χ1v) is 8.67. The predicted molar refractivity (Wildman–Crippen MR) is 91.3 cm³/mol. The van der Waals surface area contributed by atoms with Crippen LogP contribution in [0.15, 0.2) is 41.4 Å². The van der Waals surface area contributed by atoms with E-state index in [9.17, 15) is 4.79 Å². The van der Waals surface area contributed by atoms with E-state index in [-0.39, 0.29) is 11.3 Å². The van der Waals surface area contributed by atoms with Crippen LogP contribution < -0.4 is 4.90 Å². The molecule has 4 heterocycles. The summed E-state index contributed by atoms with van der Waals surface area (Å²) in [6, 6.07) is 3.47. The summed E-state index contributed by atoms with van der Waals surface area (Å²) in [6.45, 7) is 4.34. The number of rotatable bonds is 2. The molecule has 1 spiro atoms. The van der Waals surface area contributed by atoms with Crippen LogP contribution in [0.1, 0.15) is 23.4 Å². The zero-order valence-corrected chi connectivity index (χ0v) is 14.1. The van der Waals surface area contributed by atoms with Gasteiger partial charge in [-0.15, -0.1) is 0 Å². The Morgan fingerprint density at radius 3 is 3.00 bits per heavy atom. The number of likely N-dealkylation sites (tertiary alicyclic amines) is 1. The van der Waals surface area contributed by atoms with Gasteiger partial charge in [-0.25, -0.2) is 4.98 Å². The van der Waals surface area contributed by atoms with Crippen LogP contribution in [0.3, 0.4) is 0 Å². The maximum Gasteiger partial charge on any atom is 0.289 e. The molecule has 1 atom stereocenters. The van der Waals surface area contributed by atoms with Gasteiger partial charge in [-0.3, -0.25) is 9.78 Å². The van der Waals surface area contributed by atoms with Crippen LogP contribution in [-0.4, -0.2) is 60.2 Å². The van der Waals surface area contributed by atoms with Gasteiger partial charge in [0.05, 0.1) is 25.7 Å². The Hall–Kier alpha value is -2.41. The fourth-order valence-corrected chi connectivity index (χ4v) is 3.83. The molecule has 7 heteroatoms. The molecule has 0 unspecified atom stereocenters. The largest absolute Gasteiger partial charge is 0.459 e. The molecule has 2 fully saturated rings. The summed E-state index contributed by atoms with van der Waals surface area (Å²) in [5.41, 5.74) is -0.0888. The van der Waals surface area contributed by atoms with Crippen LogP contribution >= 0.6 is 0 Å². The summed E-state index contributed by atoms with van der Waals surface area (Å²) in [7, 11) is 0. The third kappa shape index (κ3) is 3.37. The van der Waals surface area contributed by atoms with Crippen LogP contribution in [-0.2, 0) is 4.74 Å². The highest BCUT2D eigenvalue weighted by Crippen LogP contribution is 2.34. The molecule has 7 nitrogen and oxygen atoms in total. The highest BCUT2D eigenvalue weighted by atomic mass is 16.5. The Morgan fingerprint density at radius 1 is 1.24 bits per heavy atom. The van der Waals surface area contributed by atoms with E-state index in [2.05, 4.69) is 14.9 Å². The first kappa shape index (κ1) is 16.1. The van der Waals surface area contributed by atoms with Gasteiger partial charge in [-0.05, 0) is 25.0 Å². The lowest BCUT2D eigenvalue weighted by atomic mass is 9.80. The molecule has 2 aromatic rings. The molecule has 0 saturated carbocycles. The average Bonchev–Trinajstić information content (AvgIpc) is 3.12. The van der Waals surface area contributed by atoms with Crippen molar-refractivity contribution in [2.75, 3.05) is 44.3 Å². The molecule has 1 amide bonds. The summed E-state index contributed by atoms with van der Waals surface area (Å²) in [4.78, 5) is 25.4. The molecule has 132 valence electrons. The number of furan rings is 1. The molecule has 2 aromatic heterocycles. The number of hydrogen-bond donors (Lipinski definition) is 0. The zero-order valence-electron chi connectivity index (χ0n) is 14.1. The molecule has 0 N–H and O–H groups in total. The van der Waals surface area contributed by atoms with E-state index in [1.165, 1.54) is 6.26 Å². The molecule has 2 saturated heterocycles. The van der Waals surface area contributed by atoms with E-state index in [0.29, 0.717) is 25.5 Å². The fourth-order valence-electron chi connectivity index (χ4n) is 3.83. The van der Waals surface area contributed by atoms with Crippen molar-refractivity contribution < 1.29 is 13.9 Å². The van der Waals surface area contributed by atoms with Gasteiger partial charge in [0.1, 0.15) is 5.82 Å². The Labute approximate surface area is 146 Å². The lowest BCUT2D eigenvalue weighted by Gasteiger charge is -2.43. The lowest BCUT2D eigenvalue weighted by molar-refractivity contribution is 0.0122. The van der Waals surface area contributed by atoms with Crippen molar-refractivity contribution >= 4 is 11.7 Å². The van der Waals surface area contributed by atoms with Gasteiger partial charge in [0.15, 0.2) is 5.76 Å². The SMILES string of the molecule is O=C(c1ccco1)N1CCC[C@]2(COCCN(c3cnccn3)C2)C1. The first-order chi connectivity index (χ1) is 12.3. The third-order valence-corrected chi connectivity index (χ3v) is 4.99. The first-order valence-electron chi connectivity index (χ1n) is 8.67. The number of piperidine rings is 1. The minimum Gasteiger partial charge on any atom is -0.459 e. The Kier molecular flexibility index (Phi) is 4.40. The van der Waals surface area contributed by atoms with Gasteiger partial charge >= 0.3 is 0 Å². The van der Waals surface area contributed by atoms with Crippen molar-refractivity contribution in [1.29, 1.82) is 0 Å². The predicted octanol–water partition coefficient (Wildman–Crippen LogP) is 1.83. The summed E-state index contributed by atoms with van der Waals surface area (Å²) in [6.07, 6.45) is 8.71. The van der Waals surface area contributed by atoms with E-state index in [0.717, 1.165) is 38.3 Å². The zero-order chi connectivity index (χ0) is 17.1. The van der Waals surface area contributed by atoms with Gasteiger partial charge in [-0.1, -0.05) is 0 Å². The summed E-state index contributed by atoms with van der Waals surface area (Å²) >= 11 is 0. The van der Waals surface area contributed by atoms with Crippen LogP contribution in [0.4, 0.5) is 5.82 Å². The Balaban J connectivity index is 1.53. The Morgan fingerprint density at radius 2 is 2.20 bits per heavy atom. The number of hydrogen-bond acceptors (Lipinski definition) is 6. The quantitative estimate of drug-likeness (QED) is 0.829. The van der Waals surface area contributed by atoms with E-state index in [4.69, 9.17) is 9.15 Å². The third-order valence-electron chi connectivity index (χ3n) is 4.99. The van der Waals surface area contributed by atoms with E-state index >= 15 is 0 Å². The smallest absolute Gasteiger partial charge is 0.289 e. The maximum atomic E-state index is 12.7. The van der Waals surface area contributed by atoms with Crippen molar-refractivity contribution in [3.05, 3.63) is 42.7 Å². The van der Waals surface area contributed by atoms with Crippen LogP contribution in [0.25, 0.3) is 0 Å². The molecule has 4 rings (SSSR count). The van der Waals surface area contributed by atoms with Gasteiger partial charge in [0, 0.05) is 44.0 Å². The second-order valence-corrected chi connectivity index (χ2v) is 6.85. The topological polar surface area (TPSA) is 71.7 Å². The molecule has 0 bridgehead atoms. The molecule has 0 radical (unpaired) electrons. The van der Waals surface area contributed by atoms with Gasteiger partial charge in [-0.2, -0.15) is 0 Å². The highest BCUT2D eigenvalue weighted by Gasteiger charge is 2.41. The van der Waals surface area contributed by atoms with Crippen molar-refractivity contribution in [2.24, 2.45) is 5.41 Å². The van der Waals surface area contributed by atoms with Crippen molar-refractivity contribution in [3.8, 4) is 0 Å². The molecule has 2 aliphatic rings. The van der Waals surface area contributed by atoms with Crippen molar-refractivity contribution in [1.82, 2.24) is 14.9 Å². The normalized spacial score (nSPS) is 24.3. The molecule has 25 heavy (non-hydrogen) atoms. The standard InChI is InChI=1S/C18H22N4O3/c23-17(15-3-1-9-25-15)22-7-2-4-18(13-22)12-21(8-10-24-14-18)16-11-19-5-6-20-16/h1,3,5-6,9,11H,2,4,7-8,10,12-14H2/t18-/m1/s1. The van der Waals surface area contributed by atoms with Crippen LogP contribution in [0.5, 0.6) is 0 Å². The average molecular weight is 342 g/mol. The number of carbonyl (C=O) groups is 1. The minimum absolute atomic E-state index is 0.0422. The van der Waals surface area contributed by atoms with Crippen molar-refractivity contribution in [2.45, 2.75) is 12.8 Å². The van der Waals surface area contributed by atoms with Gasteiger partial charge in [0.2, 0.25) is 0 Å². The summed E-state index contributed by atoms with van der Waals surface area (Å²) < 4.78 is 11.2. The maximum absolute atomic E-state index is 12.7.